The Morgan fingerprint density at radius 1 is 1.57 bits per heavy atom. The molecule has 3 N–H and O–H groups in total. The summed E-state index contributed by atoms with van der Waals surface area (Å²) in [4.78, 5) is 16.6. The van der Waals surface area contributed by atoms with Gasteiger partial charge in [0.05, 0.1) is 23.6 Å². The number of ether oxygens (including phenoxy) is 1. The molecule has 0 aromatic rings. The summed E-state index contributed by atoms with van der Waals surface area (Å²) in [7, 11) is -4.49. The number of aliphatic hydroxyl groups excluding tert-OH is 1. The topological polar surface area (TPSA) is 96.2 Å². The fourth-order valence-electron chi connectivity index (χ4n) is 1.22. The molecule has 1 aliphatic rings. The van der Waals surface area contributed by atoms with Gasteiger partial charge in [0.15, 0.2) is 0 Å². The molecule has 84 valence electrons. The van der Waals surface area contributed by atoms with Crippen molar-refractivity contribution in [2.24, 2.45) is 0 Å². The first-order valence-electron chi connectivity index (χ1n) is 3.99. The lowest BCUT2D eigenvalue weighted by Gasteiger charge is -2.14. The predicted octanol–water partition coefficient (Wildman–Crippen LogP) is 0.00740. The molecule has 0 radical (unpaired) electrons. The molecule has 0 aromatic carbocycles. The Morgan fingerprint density at radius 3 is 2.50 bits per heavy atom. The van der Waals surface area contributed by atoms with Crippen molar-refractivity contribution in [2.45, 2.75) is 30.1 Å². The number of hydrogen-bond donors (Lipinski definition) is 3. The van der Waals surface area contributed by atoms with Gasteiger partial charge >= 0.3 is 7.82 Å². The van der Waals surface area contributed by atoms with E-state index in [1.165, 1.54) is 0 Å². The third kappa shape index (κ3) is 3.27. The van der Waals surface area contributed by atoms with Crippen molar-refractivity contribution in [1.82, 2.24) is 0 Å². The molecule has 1 fully saturated rings. The molecule has 1 heterocycles. The van der Waals surface area contributed by atoms with Gasteiger partial charge in [-0.3, -0.25) is 4.52 Å². The summed E-state index contributed by atoms with van der Waals surface area (Å²) < 4.78 is 19.8. The highest BCUT2D eigenvalue weighted by Crippen LogP contribution is 2.37. The molecule has 0 bridgehead atoms. The summed E-state index contributed by atoms with van der Waals surface area (Å²) in [6.45, 7) is 1.43. The lowest BCUT2D eigenvalue weighted by atomic mass is 10.1. The quantitative estimate of drug-likeness (QED) is 0.500. The molecule has 0 aliphatic carbocycles. The third-order valence-corrected chi connectivity index (χ3v) is 3.72. The lowest BCUT2D eigenvalue weighted by Crippen LogP contribution is -2.30. The van der Waals surface area contributed by atoms with Gasteiger partial charge in [-0.25, -0.2) is 4.57 Å². The van der Waals surface area contributed by atoms with E-state index in [4.69, 9.17) is 14.5 Å². The van der Waals surface area contributed by atoms with E-state index in [-0.39, 0.29) is 17.5 Å². The molecule has 1 aliphatic heterocycles. The predicted molar refractivity (Wildman–Crippen MR) is 51.1 cm³/mol. The Morgan fingerprint density at radius 2 is 2.14 bits per heavy atom. The van der Waals surface area contributed by atoms with Crippen molar-refractivity contribution in [3.05, 3.63) is 0 Å². The Balaban J connectivity index is 2.44. The maximum Gasteiger partial charge on any atom is 0.469 e. The Bertz CT molecular complexity index is 242. The zero-order chi connectivity index (χ0) is 10.9. The maximum atomic E-state index is 10.4. The van der Waals surface area contributed by atoms with Gasteiger partial charge in [-0.05, 0) is 6.92 Å². The van der Waals surface area contributed by atoms with Crippen LogP contribution in [0.3, 0.4) is 0 Å². The van der Waals surface area contributed by atoms with E-state index in [0.29, 0.717) is 0 Å². The monoisotopic (exact) mass is 290 g/mol. The van der Waals surface area contributed by atoms with Crippen LogP contribution in [-0.4, -0.2) is 44.6 Å². The van der Waals surface area contributed by atoms with E-state index < -0.39 is 20.0 Å². The third-order valence-electron chi connectivity index (χ3n) is 1.95. The van der Waals surface area contributed by atoms with E-state index in [0.717, 1.165) is 0 Å². The van der Waals surface area contributed by atoms with Crippen molar-refractivity contribution >= 4 is 23.8 Å². The normalized spacial score (nSPS) is 38.9. The SMILES string of the molecule is C[C@@H]1O[C@H](COP(=O)(O)O)[C@@H](O)[C@H]1Br. The molecule has 1 rings (SSSR count). The summed E-state index contributed by atoms with van der Waals surface area (Å²) in [5, 5.41) is 9.52. The average molecular weight is 291 g/mol. The highest BCUT2D eigenvalue weighted by atomic mass is 79.9. The number of rotatable bonds is 3. The number of hydrogen-bond acceptors (Lipinski definition) is 4. The van der Waals surface area contributed by atoms with Gasteiger partial charge in [-0.2, -0.15) is 0 Å². The molecule has 0 aromatic heterocycles. The van der Waals surface area contributed by atoms with E-state index in [9.17, 15) is 9.67 Å². The van der Waals surface area contributed by atoms with Crippen LogP contribution in [0.2, 0.25) is 0 Å². The molecule has 0 saturated carbocycles. The summed E-state index contributed by atoms with van der Waals surface area (Å²) >= 11 is 3.21. The van der Waals surface area contributed by atoms with Gasteiger partial charge in [0.2, 0.25) is 0 Å². The van der Waals surface area contributed by atoms with Crippen LogP contribution in [0.1, 0.15) is 6.92 Å². The zero-order valence-electron chi connectivity index (χ0n) is 7.41. The Labute approximate surface area is 89.6 Å². The van der Waals surface area contributed by atoms with Crippen LogP contribution in [-0.2, 0) is 13.8 Å². The second-order valence-corrected chi connectivity index (χ2v) is 5.40. The van der Waals surface area contributed by atoms with Crippen molar-refractivity contribution in [2.75, 3.05) is 6.61 Å². The van der Waals surface area contributed by atoms with E-state index in [1.54, 1.807) is 6.92 Å². The van der Waals surface area contributed by atoms with Crippen LogP contribution in [0.15, 0.2) is 0 Å². The lowest BCUT2D eigenvalue weighted by molar-refractivity contribution is -0.0168. The van der Waals surface area contributed by atoms with Crippen LogP contribution < -0.4 is 0 Å². The first-order chi connectivity index (χ1) is 6.31. The highest BCUT2D eigenvalue weighted by molar-refractivity contribution is 9.09. The summed E-state index contributed by atoms with van der Waals surface area (Å²) in [5.74, 6) is 0. The van der Waals surface area contributed by atoms with Crippen LogP contribution in [0, 0.1) is 0 Å². The standard InChI is InChI=1S/C6H12BrO6P/c1-3-5(7)6(8)4(13-3)2-12-14(9,10)11/h3-6,8H,2H2,1H3,(H2,9,10,11)/t3-,4+,5-,6+/m0/s1. The molecule has 4 atom stereocenters. The van der Waals surface area contributed by atoms with Crippen molar-refractivity contribution < 1.29 is 28.7 Å². The smallest absolute Gasteiger partial charge is 0.389 e. The summed E-state index contributed by atoms with van der Waals surface area (Å²) in [6.07, 6.45) is -1.74. The minimum Gasteiger partial charge on any atom is -0.389 e. The fourth-order valence-corrected chi connectivity index (χ4v) is 2.03. The number of alkyl halides is 1. The molecule has 6 nitrogen and oxygen atoms in total. The van der Waals surface area contributed by atoms with Crippen molar-refractivity contribution in [1.29, 1.82) is 0 Å². The zero-order valence-corrected chi connectivity index (χ0v) is 9.89. The minimum atomic E-state index is -4.49. The molecular weight excluding hydrogens is 279 g/mol. The van der Waals surface area contributed by atoms with E-state index in [1.807, 2.05) is 0 Å². The number of phosphoric acid groups is 1. The van der Waals surface area contributed by atoms with Gasteiger partial charge in [-0.1, -0.05) is 15.9 Å². The van der Waals surface area contributed by atoms with Crippen molar-refractivity contribution in [3.8, 4) is 0 Å². The van der Waals surface area contributed by atoms with Gasteiger partial charge in [0, 0.05) is 0 Å². The van der Waals surface area contributed by atoms with Crippen LogP contribution >= 0.6 is 23.8 Å². The Kier molecular flexibility index (Phi) is 4.11. The Hall–Kier alpha value is 0.510. The van der Waals surface area contributed by atoms with Gasteiger partial charge in [-0.15, -0.1) is 0 Å². The second-order valence-electron chi connectivity index (χ2n) is 3.10. The first kappa shape index (κ1) is 12.6. The van der Waals surface area contributed by atoms with Gasteiger partial charge < -0.3 is 19.6 Å². The molecule has 0 spiro atoms. The minimum absolute atomic E-state index is 0.213. The number of aliphatic hydroxyl groups is 1. The molecular formula is C6H12BrO6P. The first-order valence-corrected chi connectivity index (χ1v) is 6.43. The number of halogens is 1. The molecule has 8 heteroatoms. The van der Waals surface area contributed by atoms with Gasteiger partial charge in [0.1, 0.15) is 6.10 Å². The van der Waals surface area contributed by atoms with Gasteiger partial charge in [0.25, 0.3) is 0 Å². The molecule has 0 unspecified atom stereocenters. The summed E-state index contributed by atoms with van der Waals surface area (Å²) in [6, 6.07) is 0. The number of phosphoric ester groups is 1. The fraction of sp³-hybridized carbons (Fsp3) is 1.00. The average Bonchev–Trinajstić information content (AvgIpc) is 2.28. The van der Waals surface area contributed by atoms with E-state index >= 15 is 0 Å². The van der Waals surface area contributed by atoms with Crippen molar-refractivity contribution in [3.63, 3.8) is 0 Å². The molecule has 1 saturated heterocycles. The second kappa shape index (κ2) is 4.57. The van der Waals surface area contributed by atoms with E-state index in [2.05, 4.69) is 20.5 Å². The highest BCUT2D eigenvalue weighted by Gasteiger charge is 2.40. The van der Waals surface area contributed by atoms with Crippen LogP contribution in [0.5, 0.6) is 0 Å². The van der Waals surface area contributed by atoms with Crippen LogP contribution in [0.25, 0.3) is 0 Å². The molecule has 14 heavy (non-hydrogen) atoms. The van der Waals surface area contributed by atoms with Crippen LogP contribution in [0.4, 0.5) is 0 Å². The summed E-state index contributed by atoms with van der Waals surface area (Å²) in [5.41, 5.74) is 0. The largest absolute Gasteiger partial charge is 0.469 e. The molecule has 0 amide bonds. The maximum absolute atomic E-state index is 10.4.